The smallest absolute Gasteiger partial charge is 0.138 e. The Morgan fingerprint density at radius 3 is 2.87 bits per heavy atom. The number of ether oxygens (including phenoxy) is 2. The van der Waals surface area contributed by atoms with Crippen molar-refractivity contribution in [3.63, 3.8) is 0 Å². The first-order chi connectivity index (χ1) is 7.35. The van der Waals surface area contributed by atoms with Crippen molar-refractivity contribution < 1.29 is 9.47 Å². The van der Waals surface area contributed by atoms with Crippen LogP contribution >= 0.6 is 11.8 Å². The van der Waals surface area contributed by atoms with Gasteiger partial charge in [-0.15, -0.1) is 11.8 Å². The van der Waals surface area contributed by atoms with Gasteiger partial charge in [0.1, 0.15) is 11.5 Å². The summed E-state index contributed by atoms with van der Waals surface area (Å²) in [5.41, 5.74) is 1.12. The van der Waals surface area contributed by atoms with Gasteiger partial charge in [-0.3, -0.25) is 0 Å². The van der Waals surface area contributed by atoms with E-state index in [-0.39, 0.29) is 0 Å². The molecule has 82 valence electrons. The van der Waals surface area contributed by atoms with Crippen LogP contribution in [0.3, 0.4) is 0 Å². The van der Waals surface area contributed by atoms with Gasteiger partial charge in [-0.05, 0) is 12.2 Å². The first-order valence-corrected chi connectivity index (χ1v) is 5.96. The molecule has 0 saturated heterocycles. The van der Waals surface area contributed by atoms with Crippen molar-refractivity contribution in [2.24, 2.45) is 0 Å². The van der Waals surface area contributed by atoms with Gasteiger partial charge in [0.05, 0.1) is 24.8 Å². The van der Waals surface area contributed by atoms with Crippen LogP contribution in [0.5, 0.6) is 11.5 Å². The Balaban J connectivity index is 2.45. The molecule has 3 nitrogen and oxygen atoms in total. The average molecular weight is 225 g/mol. The van der Waals surface area contributed by atoms with Gasteiger partial charge in [0.25, 0.3) is 0 Å². The van der Waals surface area contributed by atoms with Crippen molar-refractivity contribution in [2.45, 2.75) is 11.3 Å². The fourth-order valence-electron chi connectivity index (χ4n) is 1.60. The molecule has 0 amide bonds. The highest BCUT2D eigenvalue weighted by atomic mass is 32.2. The number of benzene rings is 1. The highest BCUT2D eigenvalue weighted by Crippen LogP contribution is 2.41. The van der Waals surface area contributed by atoms with Crippen LogP contribution in [0.1, 0.15) is 6.42 Å². The van der Waals surface area contributed by atoms with Crippen molar-refractivity contribution >= 4 is 17.4 Å². The third-order valence-electron chi connectivity index (χ3n) is 2.37. The maximum absolute atomic E-state index is 5.37. The Labute approximate surface area is 94.2 Å². The average Bonchev–Trinajstić information content (AvgIpc) is 2.52. The molecule has 1 aliphatic rings. The third kappa shape index (κ3) is 2.15. The minimum Gasteiger partial charge on any atom is -0.497 e. The molecule has 0 aliphatic carbocycles. The fraction of sp³-hybridized carbons (Fsp3) is 0.455. The van der Waals surface area contributed by atoms with E-state index in [9.17, 15) is 0 Å². The Morgan fingerprint density at radius 2 is 2.13 bits per heavy atom. The minimum atomic E-state index is 0.834. The molecule has 0 aromatic heterocycles. The summed E-state index contributed by atoms with van der Waals surface area (Å²) in [5.74, 6) is 2.85. The summed E-state index contributed by atoms with van der Waals surface area (Å²) in [6.45, 7) is 1.01. The molecule has 0 atom stereocenters. The highest BCUT2D eigenvalue weighted by molar-refractivity contribution is 7.99. The molecule has 0 bridgehead atoms. The van der Waals surface area contributed by atoms with Gasteiger partial charge in [-0.2, -0.15) is 0 Å². The fourth-order valence-corrected chi connectivity index (χ4v) is 2.66. The summed E-state index contributed by atoms with van der Waals surface area (Å²) in [5, 5.41) is 3.39. The number of hydrogen-bond donors (Lipinski definition) is 1. The molecule has 2 rings (SSSR count). The lowest BCUT2D eigenvalue weighted by Gasteiger charge is -2.13. The number of nitrogens with one attached hydrogen (secondary N) is 1. The van der Waals surface area contributed by atoms with Gasteiger partial charge >= 0.3 is 0 Å². The lowest BCUT2D eigenvalue weighted by atomic mass is 10.2. The number of rotatable bonds is 2. The van der Waals surface area contributed by atoms with Crippen molar-refractivity contribution in [3.05, 3.63) is 12.1 Å². The topological polar surface area (TPSA) is 30.5 Å². The summed E-state index contributed by atoms with van der Waals surface area (Å²) < 4.78 is 10.6. The van der Waals surface area contributed by atoms with Crippen molar-refractivity contribution in [1.82, 2.24) is 0 Å². The van der Waals surface area contributed by atoms with E-state index in [1.165, 1.54) is 11.3 Å². The molecule has 1 aromatic carbocycles. The lowest BCUT2D eigenvalue weighted by Crippen LogP contribution is -2.01. The number of hydrogen-bond acceptors (Lipinski definition) is 4. The first kappa shape index (κ1) is 10.5. The first-order valence-electron chi connectivity index (χ1n) is 4.98. The van der Waals surface area contributed by atoms with Gasteiger partial charge in [0.2, 0.25) is 0 Å². The summed E-state index contributed by atoms with van der Waals surface area (Å²) in [4.78, 5) is 1.19. The van der Waals surface area contributed by atoms with Gasteiger partial charge in [-0.25, -0.2) is 0 Å². The number of thioether (sulfide) groups is 1. The molecule has 0 fully saturated rings. The predicted molar refractivity (Wildman–Crippen MR) is 63.4 cm³/mol. The quantitative estimate of drug-likeness (QED) is 0.838. The van der Waals surface area contributed by atoms with Gasteiger partial charge in [-0.1, -0.05) is 0 Å². The standard InChI is InChI=1S/C11H15NO2S/c1-13-8-6-9-11(10(7-8)14-2)15-5-3-4-12-9/h6-7,12H,3-5H2,1-2H3. The monoisotopic (exact) mass is 225 g/mol. The van der Waals surface area contributed by atoms with Gasteiger partial charge in [0.15, 0.2) is 0 Å². The van der Waals surface area contributed by atoms with Gasteiger partial charge in [0, 0.05) is 18.7 Å². The van der Waals surface area contributed by atoms with Crippen LogP contribution in [-0.2, 0) is 0 Å². The number of anilines is 1. The zero-order valence-electron chi connectivity index (χ0n) is 9.00. The van der Waals surface area contributed by atoms with E-state index in [0.717, 1.165) is 29.5 Å². The molecule has 15 heavy (non-hydrogen) atoms. The SMILES string of the molecule is COc1cc2c(c(OC)c1)SCCCN2. The van der Waals surface area contributed by atoms with E-state index in [2.05, 4.69) is 5.32 Å². The predicted octanol–water partition coefficient (Wildman–Crippen LogP) is 2.61. The molecular weight excluding hydrogens is 210 g/mol. The molecule has 0 saturated carbocycles. The van der Waals surface area contributed by atoms with Crippen molar-refractivity contribution in [1.29, 1.82) is 0 Å². The Hall–Kier alpha value is -1.03. The van der Waals surface area contributed by atoms with Crippen LogP contribution in [0.25, 0.3) is 0 Å². The lowest BCUT2D eigenvalue weighted by molar-refractivity contribution is 0.388. The third-order valence-corrected chi connectivity index (χ3v) is 3.57. The van der Waals surface area contributed by atoms with Crippen LogP contribution in [0.4, 0.5) is 5.69 Å². The van der Waals surface area contributed by atoms with E-state index < -0.39 is 0 Å². The summed E-state index contributed by atoms with van der Waals surface area (Å²) in [6, 6.07) is 3.95. The van der Waals surface area contributed by atoms with Crippen molar-refractivity contribution in [2.75, 3.05) is 31.8 Å². The van der Waals surface area contributed by atoms with E-state index in [1.807, 2.05) is 23.9 Å². The zero-order valence-corrected chi connectivity index (χ0v) is 9.82. The highest BCUT2D eigenvalue weighted by Gasteiger charge is 2.14. The van der Waals surface area contributed by atoms with Gasteiger partial charge < -0.3 is 14.8 Å². The molecule has 1 aliphatic heterocycles. The maximum atomic E-state index is 5.37. The van der Waals surface area contributed by atoms with Crippen LogP contribution in [0.2, 0.25) is 0 Å². The minimum absolute atomic E-state index is 0.834. The molecule has 1 heterocycles. The summed E-state index contributed by atoms with van der Waals surface area (Å²) >= 11 is 1.84. The van der Waals surface area contributed by atoms with Crippen molar-refractivity contribution in [3.8, 4) is 11.5 Å². The van der Waals surface area contributed by atoms with E-state index in [1.54, 1.807) is 14.2 Å². The number of methoxy groups -OCH3 is 2. The Bertz CT molecular complexity index is 355. The molecule has 0 unspecified atom stereocenters. The molecule has 1 aromatic rings. The van der Waals surface area contributed by atoms with E-state index >= 15 is 0 Å². The molecule has 0 radical (unpaired) electrons. The second-order valence-electron chi connectivity index (χ2n) is 3.34. The normalized spacial score (nSPS) is 14.8. The number of fused-ring (bicyclic) bond motifs is 1. The molecular formula is C11H15NO2S. The van der Waals surface area contributed by atoms with E-state index in [4.69, 9.17) is 9.47 Å². The maximum Gasteiger partial charge on any atom is 0.138 e. The van der Waals surface area contributed by atoms with Crippen LogP contribution in [0.15, 0.2) is 17.0 Å². The Kier molecular flexibility index (Phi) is 3.26. The van der Waals surface area contributed by atoms with E-state index in [0.29, 0.717) is 0 Å². The van der Waals surface area contributed by atoms with Crippen LogP contribution < -0.4 is 14.8 Å². The Morgan fingerprint density at radius 1 is 1.27 bits per heavy atom. The molecule has 0 spiro atoms. The second-order valence-corrected chi connectivity index (χ2v) is 4.44. The summed E-state index contributed by atoms with van der Waals surface area (Å²) in [7, 11) is 3.37. The van der Waals surface area contributed by atoms with Crippen LogP contribution in [0, 0.1) is 0 Å². The molecule has 4 heteroatoms. The second kappa shape index (κ2) is 4.66. The van der Waals surface area contributed by atoms with Crippen LogP contribution in [-0.4, -0.2) is 26.5 Å². The largest absolute Gasteiger partial charge is 0.497 e. The summed E-state index contributed by atoms with van der Waals surface area (Å²) in [6.07, 6.45) is 1.17. The zero-order chi connectivity index (χ0) is 10.7. The molecule has 1 N–H and O–H groups in total.